The van der Waals surface area contributed by atoms with Crippen molar-refractivity contribution in [1.82, 2.24) is 20.2 Å². The molecule has 2 aromatic carbocycles. The Kier molecular flexibility index (Phi) is 8.40. The molecule has 11 nitrogen and oxygen atoms in total. The molecule has 0 saturated carbocycles. The van der Waals surface area contributed by atoms with Gasteiger partial charge in [-0.15, -0.1) is 0 Å². The Balaban J connectivity index is 1.43. The number of aryl methyl sites for hydroxylation is 1. The number of morpholine rings is 1. The Morgan fingerprint density at radius 1 is 1.17 bits per heavy atom. The Morgan fingerprint density at radius 3 is 2.66 bits per heavy atom. The highest BCUT2D eigenvalue weighted by Crippen LogP contribution is 2.39. The molecule has 0 bridgehead atoms. The summed E-state index contributed by atoms with van der Waals surface area (Å²) in [5, 5.41) is 21.5. The monoisotopic (exact) mass is 581 g/mol. The number of nitro benzene ring substituents is 1. The second-order valence-corrected chi connectivity index (χ2v) is 9.94. The maximum Gasteiger partial charge on any atom is 0.305 e. The van der Waals surface area contributed by atoms with Gasteiger partial charge in [0.2, 0.25) is 11.6 Å². The van der Waals surface area contributed by atoms with E-state index in [0.717, 1.165) is 23.5 Å². The van der Waals surface area contributed by atoms with E-state index >= 15 is 4.39 Å². The number of nitro groups is 1. The normalized spacial score (nSPS) is 13.5. The third-order valence-corrected chi connectivity index (χ3v) is 7.03. The molecule has 0 radical (unpaired) electrons. The zero-order valence-corrected chi connectivity index (χ0v) is 22.9. The van der Waals surface area contributed by atoms with Gasteiger partial charge in [0.15, 0.2) is 22.6 Å². The highest BCUT2D eigenvalue weighted by Gasteiger charge is 2.24. The topological polar surface area (TPSA) is 131 Å². The molecule has 14 heteroatoms. The van der Waals surface area contributed by atoms with Crippen molar-refractivity contribution in [1.29, 1.82) is 0 Å². The third kappa shape index (κ3) is 6.44. The maximum absolute atomic E-state index is 15.2. The van der Waals surface area contributed by atoms with Gasteiger partial charge in [0.05, 0.1) is 30.1 Å². The summed E-state index contributed by atoms with van der Waals surface area (Å²) in [7, 11) is 1.53. The Morgan fingerprint density at radius 2 is 1.98 bits per heavy atom. The average molecular weight is 582 g/mol. The molecule has 212 valence electrons. The molecule has 0 unspecified atom stereocenters. The second kappa shape index (κ2) is 12.3. The van der Waals surface area contributed by atoms with E-state index in [1.165, 1.54) is 37.5 Å². The van der Waals surface area contributed by atoms with E-state index in [4.69, 9.17) is 14.5 Å². The quantitative estimate of drug-likeness (QED) is 0.111. The molecule has 41 heavy (non-hydrogen) atoms. The summed E-state index contributed by atoms with van der Waals surface area (Å²) in [6, 6.07) is 10.2. The number of nitrogens with one attached hydrogen (secondary N) is 2. The fraction of sp³-hybridized carbons (Fsp3) is 0.222. The van der Waals surface area contributed by atoms with E-state index in [0.29, 0.717) is 55.1 Å². The molecule has 2 N–H and O–H groups in total. The fourth-order valence-corrected chi connectivity index (χ4v) is 4.88. The van der Waals surface area contributed by atoms with Crippen LogP contribution in [0.5, 0.6) is 5.75 Å². The molecule has 4 aromatic rings. The predicted molar refractivity (Wildman–Crippen MR) is 151 cm³/mol. The third-order valence-electron chi connectivity index (χ3n) is 6.11. The summed E-state index contributed by atoms with van der Waals surface area (Å²) >= 11 is 1.03. The minimum Gasteiger partial charge on any atom is -0.490 e. The van der Waals surface area contributed by atoms with E-state index in [1.807, 2.05) is 17.9 Å². The van der Waals surface area contributed by atoms with Crippen LogP contribution in [0.4, 0.5) is 31.9 Å². The van der Waals surface area contributed by atoms with E-state index in [2.05, 4.69) is 20.5 Å². The van der Waals surface area contributed by atoms with Gasteiger partial charge >= 0.3 is 5.69 Å². The Labute approximate surface area is 237 Å². The fourth-order valence-electron chi connectivity index (χ4n) is 4.12. The number of hydrogen-bond donors (Lipinski definition) is 2. The lowest BCUT2D eigenvalue weighted by atomic mass is 10.1. The number of halogens is 2. The molecule has 3 heterocycles. The van der Waals surface area contributed by atoms with Crippen LogP contribution >= 0.6 is 11.8 Å². The van der Waals surface area contributed by atoms with Gasteiger partial charge in [-0.2, -0.15) is 9.49 Å². The van der Waals surface area contributed by atoms with Gasteiger partial charge in [-0.05, 0) is 36.4 Å². The summed E-state index contributed by atoms with van der Waals surface area (Å²) in [5.41, 5.74) is 0.691. The van der Waals surface area contributed by atoms with Gasteiger partial charge in [-0.1, -0.05) is 30.4 Å². The van der Waals surface area contributed by atoms with Crippen molar-refractivity contribution in [2.75, 3.05) is 43.6 Å². The number of rotatable bonds is 9. The lowest BCUT2D eigenvalue weighted by Crippen LogP contribution is -2.37. The van der Waals surface area contributed by atoms with Crippen molar-refractivity contribution in [3.05, 3.63) is 81.0 Å². The van der Waals surface area contributed by atoms with Gasteiger partial charge in [-0.3, -0.25) is 15.2 Å². The summed E-state index contributed by atoms with van der Waals surface area (Å²) in [5.74, 6) is 0.376. The van der Waals surface area contributed by atoms with E-state index in [1.54, 1.807) is 12.1 Å². The van der Waals surface area contributed by atoms with E-state index in [-0.39, 0.29) is 15.6 Å². The molecule has 5 rings (SSSR count). The molecule has 1 saturated heterocycles. The van der Waals surface area contributed by atoms with Crippen LogP contribution in [0.3, 0.4) is 0 Å². The number of ether oxygens (including phenoxy) is 2. The van der Waals surface area contributed by atoms with Gasteiger partial charge in [-0.25, -0.2) is 14.4 Å². The number of methoxy groups -OCH3 is 1. The molecular weight excluding hydrogens is 556 g/mol. The van der Waals surface area contributed by atoms with Crippen molar-refractivity contribution in [3.8, 4) is 5.75 Å². The van der Waals surface area contributed by atoms with Crippen molar-refractivity contribution in [2.24, 2.45) is 0 Å². The SMILES string of the molecule is COc1c(Nc2cc(C)[nH]n2)nc(Sc2ccc(/C=C/c3cccc([N+](=O)[O-])c3F)cc2F)nc1N1CCOCC1. The maximum atomic E-state index is 15.2. The van der Waals surface area contributed by atoms with Crippen LogP contribution in [0.25, 0.3) is 12.2 Å². The number of nitrogens with zero attached hydrogens (tertiary/aromatic N) is 5. The largest absolute Gasteiger partial charge is 0.490 e. The van der Waals surface area contributed by atoms with Crippen LogP contribution in [0, 0.1) is 28.7 Å². The van der Waals surface area contributed by atoms with Crippen LogP contribution in [0.1, 0.15) is 16.8 Å². The summed E-state index contributed by atoms with van der Waals surface area (Å²) in [6.45, 7) is 4.12. The smallest absolute Gasteiger partial charge is 0.305 e. The number of benzene rings is 2. The lowest BCUT2D eigenvalue weighted by molar-refractivity contribution is -0.387. The average Bonchev–Trinajstić information content (AvgIpc) is 3.38. The lowest BCUT2D eigenvalue weighted by Gasteiger charge is -2.29. The van der Waals surface area contributed by atoms with Gasteiger partial charge in [0.1, 0.15) is 5.82 Å². The molecule has 0 spiro atoms. The van der Waals surface area contributed by atoms with Crippen molar-refractivity contribution in [3.63, 3.8) is 0 Å². The van der Waals surface area contributed by atoms with Crippen LogP contribution in [-0.4, -0.2) is 58.5 Å². The first kappa shape index (κ1) is 28.0. The molecule has 0 amide bonds. The van der Waals surface area contributed by atoms with Crippen molar-refractivity contribution < 1.29 is 23.2 Å². The van der Waals surface area contributed by atoms with Crippen LogP contribution < -0.4 is 15.0 Å². The summed E-state index contributed by atoms with van der Waals surface area (Å²) < 4.78 is 40.8. The molecule has 1 aliphatic heterocycles. The van der Waals surface area contributed by atoms with E-state index in [9.17, 15) is 14.5 Å². The van der Waals surface area contributed by atoms with Gasteiger partial charge in [0.25, 0.3) is 0 Å². The number of aromatic amines is 1. The molecule has 2 aromatic heterocycles. The minimum absolute atomic E-state index is 0.0208. The molecule has 0 atom stereocenters. The zero-order chi connectivity index (χ0) is 28.9. The molecule has 1 fully saturated rings. The standard InChI is InChI=1S/C27H25F2N7O4S/c1-16-14-22(34-33-16)30-25-24(39-2)26(35-10-12-40-13-11-35)32-27(31-25)41-21-9-7-17(15-19(21)28)6-8-18-4-3-5-20(23(18)29)36(37)38/h3-9,14-15H,10-13H2,1-2H3,(H2,30,31,32,33,34)/b8-6+. The summed E-state index contributed by atoms with van der Waals surface area (Å²) in [6.07, 6.45) is 2.84. The van der Waals surface area contributed by atoms with Crippen LogP contribution in [-0.2, 0) is 4.74 Å². The second-order valence-electron chi connectivity index (χ2n) is 8.93. The Hall–Kier alpha value is -4.56. The molecule has 1 aliphatic rings. The first-order valence-corrected chi connectivity index (χ1v) is 13.3. The number of H-pyrrole nitrogens is 1. The minimum atomic E-state index is -0.955. The molecular formula is C27H25F2N7O4S. The van der Waals surface area contributed by atoms with E-state index < -0.39 is 22.2 Å². The van der Waals surface area contributed by atoms with Crippen molar-refractivity contribution >= 4 is 47.1 Å². The highest BCUT2D eigenvalue weighted by atomic mass is 32.2. The van der Waals surface area contributed by atoms with Gasteiger partial charge < -0.3 is 19.7 Å². The zero-order valence-electron chi connectivity index (χ0n) is 22.1. The number of hydrogen-bond acceptors (Lipinski definition) is 10. The van der Waals surface area contributed by atoms with Crippen molar-refractivity contribution in [2.45, 2.75) is 17.0 Å². The number of anilines is 3. The summed E-state index contributed by atoms with van der Waals surface area (Å²) in [4.78, 5) is 21.8. The Bertz CT molecular complexity index is 1610. The predicted octanol–water partition coefficient (Wildman–Crippen LogP) is 5.60. The first-order valence-electron chi connectivity index (χ1n) is 12.5. The number of aromatic nitrogens is 4. The van der Waals surface area contributed by atoms with Crippen LogP contribution in [0.2, 0.25) is 0 Å². The van der Waals surface area contributed by atoms with Gasteiger partial charge in [0, 0.05) is 36.5 Å². The highest BCUT2D eigenvalue weighted by molar-refractivity contribution is 7.99. The first-order chi connectivity index (χ1) is 19.8. The molecule has 0 aliphatic carbocycles. The van der Waals surface area contributed by atoms with Crippen LogP contribution in [0.15, 0.2) is 52.5 Å².